The number of amides is 2. The lowest BCUT2D eigenvalue weighted by molar-refractivity contribution is 0.0953. The molecule has 5 heteroatoms. The maximum Gasteiger partial charge on any atom is 0.255 e. The van der Waals surface area contributed by atoms with E-state index in [1.54, 1.807) is 42.5 Å². The number of anilines is 1. The summed E-state index contributed by atoms with van der Waals surface area (Å²) in [6.07, 6.45) is 1.86. The van der Waals surface area contributed by atoms with Crippen LogP contribution in [0.5, 0.6) is 5.75 Å². The highest BCUT2D eigenvalue weighted by Gasteiger charge is 2.09. The molecule has 2 rings (SSSR count). The molecule has 0 saturated carbocycles. The second kappa shape index (κ2) is 10.4. The van der Waals surface area contributed by atoms with Crippen LogP contribution in [0.3, 0.4) is 0 Å². The molecule has 2 aromatic carbocycles. The van der Waals surface area contributed by atoms with Gasteiger partial charge in [-0.05, 0) is 61.2 Å². The van der Waals surface area contributed by atoms with E-state index in [9.17, 15) is 9.59 Å². The first-order chi connectivity index (χ1) is 13.0. The van der Waals surface area contributed by atoms with E-state index < -0.39 is 0 Å². The van der Waals surface area contributed by atoms with Gasteiger partial charge in [0.25, 0.3) is 11.8 Å². The molecular weight excluding hydrogens is 340 g/mol. The number of hydrogen-bond acceptors (Lipinski definition) is 3. The molecule has 27 heavy (non-hydrogen) atoms. The van der Waals surface area contributed by atoms with Crippen LogP contribution in [0, 0.1) is 5.92 Å². The van der Waals surface area contributed by atoms with Crippen molar-refractivity contribution >= 4 is 17.5 Å². The van der Waals surface area contributed by atoms with Crippen molar-refractivity contribution in [1.29, 1.82) is 0 Å². The predicted octanol–water partition coefficient (Wildman–Crippen LogP) is 4.50. The van der Waals surface area contributed by atoms with Crippen molar-refractivity contribution in [3.05, 3.63) is 59.7 Å². The van der Waals surface area contributed by atoms with E-state index in [0.717, 1.165) is 12.8 Å². The summed E-state index contributed by atoms with van der Waals surface area (Å²) in [5.41, 5.74) is 1.74. The minimum absolute atomic E-state index is 0.110. The molecule has 144 valence electrons. The molecule has 0 fully saturated rings. The third kappa shape index (κ3) is 6.77. The second-order valence-electron chi connectivity index (χ2n) is 6.85. The van der Waals surface area contributed by atoms with E-state index in [2.05, 4.69) is 24.5 Å². The summed E-state index contributed by atoms with van der Waals surface area (Å²) in [6, 6.07) is 14.0. The average Bonchev–Trinajstić information content (AvgIpc) is 2.66. The highest BCUT2D eigenvalue weighted by molar-refractivity contribution is 6.04. The van der Waals surface area contributed by atoms with Gasteiger partial charge in [0, 0.05) is 23.4 Å². The molecule has 0 saturated heterocycles. The topological polar surface area (TPSA) is 67.4 Å². The molecule has 0 aliphatic rings. The minimum Gasteiger partial charge on any atom is -0.494 e. The number of carbonyl (C=O) groups excluding carboxylic acids is 2. The molecule has 0 bridgehead atoms. The van der Waals surface area contributed by atoms with E-state index in [0.29, 0.717) is 41.6 Å². The Morgan fingerprint density at radius 3 is 2.41 bits per heavy atom. The number of carbonyl (C=O) groups is 2. The molecular formula is C22H28N2O3. The molecule has 0 spiro atoms. The van der Waals surface area contributed by atoms with Crippen molar-refractivity contribution < 1.29 is 14.3 Å². The first kappa shape index (κ1) is 20.5. The third-order valence-electron chi connectivity index (χ3n) is 4.00. The Bertz CT molecular complexity index is 754. The first-order valence-electron chi connectivity index (χ1n) is 9.42. The summed E-state index contributed by atoms with van der Waals surface area (Å²) in [4.78, 5) is 24.4. The van der Waals surface area contributed by atoms with Gasteiger partial charge in [-0.1, -0.05) is 26.8 Å². The van der Waals surface area contributed by atoms with Gasteiger partial charge in [0.05, 0.1) is 6.61 Å². The summed E-state index contributed by atoms with van der Waals surface area (Å²) >= 11 is 0. The summed E-state index contributed by atoms with van der Waals surface area (Å²) in [5.74, 6) is 0.934. The van der Waals surface area contributed by atoms with Crippen molar-refractivity contribution in [3.8, 4) is 5.75 Å². The highest BCUT2D eigenvalue weighted by Crippen LogP contribution is 2.17. The van der Waals surface area contributed by atoms with Crippen molar-refractivity contribution in [1.82, 2.24) is 5.32 Å². The average molecular weight is 368 g/mol. The van der Waals surface area contributed by atoms with Crippen molar-refractivity contribution in [2.75, 3.05) is 18.5 Å². The number of ether oxygens (including phenoxy) is 1. The number of hydrogen-bond donors (Lipinski definition) is 2. The maximum absolute atomic E-state index is 12.5. The highest BCUT2D eigenvalue weighted by atomic mass is 16.5. The predicted molar refractivity (Wildman–Crippen MR) is 108 cm³/mol. The lowest BCUT2D eigenvalue weighted by Crippen LogP contribution is -2.23. The van der Waals surface area contributed by atoms with Gasteiger partial charge >= 0.3 is 0 Å². The third-order valence-corrected chi connectivity index (χ3v) is 4.00. The fourth-order valence-corrected chi connectivity index (χ4v) is 2.39. The largest absolute Gasteiger partial charge is 0.494 e. The van der Waals surface area contributed by atoms with Gasteiger partial charge < -0.3 is 15.4 Å². The molecule has 0 aliphatic carbocycles. The van der Waals surface area contributed by atoms with Gasteiger partial charge in [0.2, 0.25) is 0 Å². The van der Waals surface area contributed by atoms with Crippen LogP contribution >= 0.6 is 0 Å². The van der Waals surface area contributed by atoms with Crippen molar-refractivity contribution in [2.24, 2.45) is 5.92 Å². The Hall–Kier alpha value is -2.82. The standard InChI is InChI=1S/C22H28N2O3/c1-4-13-23-21(25)17-8-10-19(11-9-17)24-22(26)18-6-5-7-20(15-18)27-14-12-16(2)3/h5-11,15-16H,4,12-14H2,1-3H3,(H,23,25)(H,24,26). The zero-order valence-electron chi connectivity index (χ0n) is 16.2. The Kier molecular flexibility index (Phi) is 7.86. The Morgan fingerprint density at radius 2 is 1.74 bits per heavy atom. The fourth-order valence-electron chi connectivity index (χ4n) is 2.39. The normalized spacial score (nSPS) is 10.5. The van der Waals surface area contributed by atoms with Gasteiger partial charge in [-0.25, -0.2) is 0 Å². The van der Waals surface area contributed by atoms with E-state index in [1.807, 2.05) is 13.0 Å². The summed E-state index contributed by atoms with van der Waals surface area (Å²) < 4.78 is 5.71. The zero-order chi connectivity index (χ0) is 19.6. The van der Waals surface area contributed by atoms with Gasteiger partial charge in [-0.2, -0.15) is 0 Å². The summed E-state index contributed by atoms with van der Waals surface area (Å²) in [6.45, 7) is 7.57. The van der Waals surface area contributed by atoms with Crippen LogP contribution in [-0.2, 0) is 0 Å². The second-order valence-corrected chi connectivity index (χ2v) is 6.85. The van der Waals surface area contributed by atoms with Crippen molar-refractivity contribution in [2.45, 2.75) is 33.6 Å². The smallest absolute Gasteiger partial charge is 0.255 e. The molecule has 0 aromatic heterocycles. The number of benzene rings is 2. The van der Waals surface area contributed by atoms with Gasteiger partial charge in [-0.3, -0.25) is 9.59 Å². The lowest BCUT2D eigenvalue weighted by atomic mass is 10.1. The number of rotatable bonds is 9. The molecule has 5 nitrogen and oxygen atoms in total. The van der Waals surface area contributed by atoms with E-state index in [1.165, 1.54) is 0 Å². The Labute approximate surface area is 161 Å². The zero-order valence-corrected chi connectivity index (χ0v) is 16.2. The van der Waals surface area contributed by atoms with E-state index in [4.69, 9.17) is 4.74 Å². The summed E-state index contributed by atoms with van der Waals surface area (Å²) in [7, 11) is 0. The monoisotopic (exact) mass is 368 g/mol. The molecule has 0 radical (unpaired) electrons. The van der Waals surface area contributed by atoms with Crippen LogP contribution in [0.25, 0.3) is 0 Å². The van der Waals surface area contributed by atoms with Gasteiger partial charge in [0.1, 0.15) is 5.75 Å². The molecule has 0 aliphatic heterocycles. The molecule has 2 aromatic rings. The van der Waals surface area contributed by atoms with Crippen molar-refractivity contribution in [3.63, 3.8) is 0 Å². The van der Waals surface area contributed by atoms with Crippen LogP contribution in [0.1, 0.15) is 54.3 Å². The summed E-state index contributed by atoms with van der Waals surface area (Å²) in [5, 5.41) is 5.67. The Balaban J connectivity index is 1.95. The van der Waals surface area contributed by atoms with E-state index in [-0.39, 0.29) is 11.8 Å². The van der Waals surface area contributed by atoms with Gasteiger partial charge in [-0.15, -0.1) is 0 Å². The molecule has 2 N–H and O–H groups in total. The maximum atomic E-state index is 12.5. The fraction of sp³-hybridized carbons (Fsp3) is 0.364. The quantitative estimate of drug-likeness (QED) is 0.685. The van der Waals surface area contributed by atoms with Crippen LogP contribution in [0.2, 0.25) is 0 Å². The van der Waals surface area contributed by atoms with Crippen LogP contribution < -0.4 is 15.4 Å². The van der Waals surface area contributed by atoms with Gasteiger partial charge in [0.15, 0.2) is 0 Å². The minimum atomic E-state index is -0.215. The van der Waals surface area contributed by atoms with Crippen LogP contribution in [-0.4, -0.2) is 25.0 Å². The lowest BCUT2D eigenvalue weighted by Gasteiger charge is -2.10. The molecule has 0 unspecified atom stereocenters. The van der Waals surface area contributed by atoms with Crippen LogP contribution in [0.4, 0.5) is 5.69 Å². The SMILES string of the molecule is CCCNC(=O)c1ccc(NC(=O)c2cccc(OCCC(C)C)c2)cc1. The Morgan fingerprint density at radius 1 is 1.00 bits per heavy atom. The molecule has 0 heterocycles. The van der Waals surface area contributed by atoms with Crippen LogP contribution in [0.15, 0.2) is 48.5 Å². The number of nitrogens with one attached hydrogen (secondary N) is 2. The first-order valence-corrected chi connectivity index (χ1v) is 9.42. The van der Waals surface area contributed by atoms with E-state index >= 15 is 0 Å². The molecule has 2 amide bonds. The molecule has 0 atom stereocenters.